The lowest BCUT2D eigenvalue weighted by Gasteiger charge is -2.28. The maximum absolute atomic E-state index is 10.4. The number of fused-ring (bicyclic) bond motifs is 1. The third-order valence-corrected chi connectivity index (χ3v) is 5.94. The Hall–Kier alpha value is -2.41. The predicted molar refractivity (Wildman–Crippen MR) is 111 cm³/mol. The van der Waals surface area contributed by atoms with Gasteiger partial charge in [-0.3, -0.25) is 4.57 Å². The Labute approximate surface area is 182 Å². The van der Waals surface area contributed by atoms with Gasteiger partial charge in [-0.1, -0.05) is 11.6 Å². The normalized spacial score (nSPS) is 28.5. The molecule has 0 radical (unpaired) electrons. The summed E-state index contributed by atoms with van der Waals surface area (Å²) in [6, 6.07) is 3.71. The van der Waals surface area contributed by atoms with Crippen LogP contribution in [0.5, 0.6) is 0 Å². The molecular formula is C19H22ClN7O4. The minimum atomic E-state index is -1.24. The lowest BCUT2D eigenvalue weighted by Crippen LogP contribution is -2.34. The Morgan fingerprint density at radius 2 is 2.06 bits per heavy atom. The number of anilines is 2. The van der Waals surface area contributed by atoms with Crippen LogP contribution in [0.2, 0.25) is 5.02 Å². The van der Waals surface area contributed by atoms with Crippen molar-refractivity contribution in [3.63, 3.8) is 0 Å². The standard InChI is InChI=1S/C19H22ClN7O4/c20-10-1-2-13(22-5-10)27(11-3-4-21-6-11)18-14-17(23-8-24-18)26(9-25-14)19-16(30)15(29)12(7-28)31-19/h1-2,5,8-9,11-12,15-16,19,21,28-30H,3-4,6-7H2/t11-,12?,15?,16?,19?/m0/s1. The molecule has 164 valence electrons. The highest BCUT2D eigenvalue weighted by atomic mass is 35.5. The van der Waals surface area contributed by atoms with Gasteiger partial charge in [0.25, 0.3) is 0 Å². The fraction of sp³-hybridized carbons (Fsp3) is 0.474. The summed E-state index contributed by atoms with van der Waals surface area (Å²) in [4.78, 5) is 19.8. The van der Waals surface area contributed by atoms with Crippen molar-refractivity contribution in [1.29, 1.82) is 0 Å². The molecule has 0 aromatic carbocycles. The second-order valence-corrected chi connectivity index (χ2v) is 8.04. The highest BCUT2D eigenvalue weighted by Crippen LogP contribution is 2.35. The molecule has 31 heavy (non-hydrogen) atoms. The van der Waals surface area contributed by atoms with Crippen molar-refractivity contribution in [2.75, 3.05) is 24.6 Å². The van der Waals surface area contributed by atoms with Gasteiger partial charge in [-0.05, 0) is 25.1 Å². The molecule has 11 nitrogen and oxygen atoms in total. The number of aliphatic hydroxyl groups excluding tert-OH is 3. The molecule has 5 heterocycles. The molecule has 5 atom stereocenters. The Balaban J connectivity index is 1.59. The number of hydrogen-bond donors (Lipinski definition) is 4. The summed E-state index contributed by atoms with van der Waals surface area (Å²) >= 11 is 6.03. The van der Waals surface area contributed by atoms with Crippen LogP contribution in [-0.4, -0.2) is 83.9 Å². The average Bonchev–Trinajstić information content (AvgIpc) is 3.51. The zero-order valence-electron chi connectivity index (χ0n) is 16.4. The fourth-order valence-corrected chi connectivity index (χ4v) is 4.26. The van der Waals surface area contributed by atoms with Crippen LogP contribution in [0, 0.1) is 0 Å². The number of rotatable bonds is 5. The molecule has 4 N–H and O–H groups in total. The van der Waals surface area contributed by atoms with Gasteiger partial charge in [-0.15, -0.1) is 0 Å². The van der Waals surface area contributed by atoms with Crippen molar-refractivity contribution in [3.8, 4) is 0 Å². The average molecular weight is 448 g/mol. The summed E-state index contributed by atoms with van der Waals surface area (Å²) < 4.78 is 7.19. The lowest BCUT2D eigenvalue weighted by atomic mass is 10.1. The Morgan fingerprint density at radius 3 is 2.74 bits per heavy atom. The molecule has 0 bridgehead atoms. The van der Waals surface area contributed by atoms with Crippen molar-refractivity contribution in [2.45, 2.75) is 37.0 Å². The molecule has 0 saturated carbocycles. The lowest BCUT2D eigenvalue weighted by molar-refractivity contribution is -0.0511. The first-order valence-electron chi connectivity index (χ1n) is 10.00. The van der Waals surface area contributed by atoms with Gasteiger partial charge in [-0.25, -0.2) is 19.9 Å². The number of halogens is 1. The van der Waals surface area contributed by atoms with E-state index in [4.69, 9.17) is 16.3 Å². The Kier molecular flexibility index (Phi) is 5.46. The summed E-state index contributed by atoms with van der Waals surface area (Å²) in [7, 11) is 0. The maximum atomic E-state index is 10.4. The van der Waals surface area contributed by atoms with Crippen LogP contribution < -0.4 is 10.2 Å². The number of pyridine rings is 1. The number of imidazole rings is 1. The van der Waals surface area contributed by atoms with Crippen LogP contribution >= 0.6 is 11.6 Å². The van der Waals surface area contributed by atoms with E-state index in [1.54, 1.807) is 16.8 Å². The second kappa shape index (κ2) is 8.26. The van der Waals surface area contributed by atoms with Gasteiger partial charge in [-0.2, -0.15) is 0 Å². The molecular weight excluding hydrogens is 426 g/mol. The zero-order chi connectivity index (χ0) is 21.5. The molecule has 5 rings (SSSR count). The van der Waals surface area contributed by atoms with Gasteiger partial charge in [0.2, 0.25) is 0 Å². The van der Waals surface area contributed by atoms with Crippen LogP contribution in [0.1, 0.15) is 12.6 Å². The maximum Gasteiger partial charge on any atom is 0.167 e. The van der Waals surface area contributed by atoms with Gasteiger partial charge >= 0.3 is 0 Å². The van der Waals surface area contributed by atoms with E-state index in [-0.39, 0.29) is 6.04 Å². The third kappa shape index (κ3) is 3.53. The van der Waals surface area contributed by atoms with E-state index in [1.165, 1.54) is 12.7 Å². The van der Waals surface area contributed by atoms with Crippen molar-refractivity contribution >= 4 is 34.4 Å². The van der Waals surface area contributed by atoms with Gasteiger partial charge in [0.15, 0.2) is 23.2 Å². The topological polar surface area (TPSA) is 142 Å². The van der Waals surface area contributed by atoms with Crippen molar-refractivity contribution in [3.05, 3.63) is 36.0 Å². The number of ether oxygens (including phenoxy) is 1. The molecule has 0 spiro atoms. The molecule has 2 aliphatic heterocycles. The molecule has 0 aliphatic carbocycles. The molecule has 0 amide bonds. The quantitative estimate of drug-likeness (QED) is 0.421. The number of aromatic nitrogens is 5. The molecule has 3 aromatic heterocycles. The smallest absolute Gasteiger partial charge is 0.167 e. The molecule has 2 saturated heterocycles. The van der Waals surface area contributed by atoms with Crippen LogP contribution in [-0.2, 0) is 4.74 Å². The summed E-state index contributed by atoms with van der Waals surface area (Å²) in [5.41, 5.74) is 0.939. The van der Waals surface area contributed by atoms with Crippen molar-refractivity contribution in [1.82, 2.24) is 29.8 Å². The summed E-state index contributed by atoms with van der Waals surface area (Å²) in [5.74, 6) is 1.25. The summed E-state index contributed by atoms with van der Waals surface area (Å²) in [6.07, 6.45) is 1.11. The minimum Gasteiger partial charge on any atom is -0.394 e. The largest absolute Gasteiger partial charge is 0.394 e. The van der Waals surface area contributed by atoms with E-state index >= 15 is 0 Å². The van der Waals surface area contributed by atoms with E-state index in [1.807, 2.05) is 11.0 Å². The van der Waals surface area contributed by atoms with E-state index in [9.17, 15) is 15.3 Å². The van der Waals surface area contributed by atoms with Crippen LogP contribution in [0.3, 0.4) is 0 Å². The first-order chi connectivity index (χ1) is 15.1. The summed E-state index contributed by atoms with van der Waals surface area (Å²) in [6.45, 7) is 1.22. The second-order valence-electron chi connectivity index (χ2n) is 7.60. The highest BCUT2D eigenvalue weighted by molar-refractivity contribution is 6.30. The Morgan fingerprint density at radius 1 is 1.19 bits per heavy atom. The number of aliphatic hydroxyl groups is 3. The predicted octanol–water partition coefficient (Wildman–Crippen LogP) is -0.0138. The first kappa shape index (κ1) is 20.5. The van der Waals surface area contributed by atoms with Crippen LogP contribution in [0.4, 0.5) is 11.6 Å². The number of nitrogens with zero attached hydrogens (tertiary/aromatic N) is 6. The van der Waals surface area contributed by atoms with Crippen LogP contribution in [0.25, 0.3) is 11.2 Å². The molecule has 12 heteroatoms. The van der Waals surface area contributed by atoms with Gasteiger partial charge in [0.1, 0.15) is 30.5 Å². The zero-order valence-corrected chi connectivity index (χ0v) is 17.2. The van der Waals surface area contributed by atoms with E-state index in [2.05, 4.69) is 25.3 Å². The van der Waals surface area contributed by atoms with Gasteiger partial charge < -0.3 is 30.3 Å². The molecule has 3 aromatic rings. The number of hydrogen-bond acceptors (Lipinski definition) is 10. The van der Waals surface area contributed by atoms with Crippen molar-refractivity contribution < 1.29 is 20.1 Å². The molecule has 2 aliphatic rings. The van der Waals surface area contributed by atoms with E-state index in [0.29, 0.717) is 27.8 Å². The van der Waals surface area contributed by atoms with E-state index in [0.717, 1.165) is 19.5 Å². The summed E-state index contributed by atoms with van der Waals surface area (Å²) in [5, 5.41) is 33.8. The minimum absolute atomic E-state index is 0.103. The SMILES string of the molecule is OCC1OC(n2cnc3c(N(c4ccc(Cl)cn4)[C@H]4CCNC4)ncnc32)C(O)C1O. The van der Waals surface area contributed by atoms with Gasteiger partial charge in [0.05, 0.1) is 24.0 Å². The van der Waals surface area contributed by atoms with Crippen molar-refractivity contribution in [2.24, 2.45) is 0 Å². The first-order valence-corrected chi connectivity index (χ1v) is 10.4. The fourth-order valence-electron chi connectivity index (χ4n) is 4.15. The third-order valence-electron chi connectivity index (χ3n) is 5.72. The number of nitrogens with one attached hydrogen (secondary N) is 1. The molecule has 4 unspecified atom stereocenters. The molecule has 2 fully saturated rings. The van der Waals surface area contributed by atoms with Crippen LogP contribution in [0.15, 0.2) is 31.0 Å². The van der Waals surface area contributed by atoms with E-state index < -0.39 is 31.1 Å². The monoisotopic (exact) mass is 447 g/mol. The highest BCUT2D eigenvalue weighted by Gasteiger charge is 2.44. The van der Waals surface area contributed by atoms with Gasteiger partial charge in [0, 0.05) is 12.7 Å². The Bertz CT molecular complexity index is 1060.